The Labute approximate surface area is 182 Å². The van der Waals surface area contributed by atoms with E-state index in [1.165, 1.54) is 27.8 Å². The molecule has 3 aromatic rings. The second-order valence-electron chi connectivity index (χ2n) is 7.38. The fraction of sp³-hybridized carbons (Fsp3) is 0.241. The molecule has 1 aliphatic rings. The first kappa shape index (κ1) is 23.0. The van der Waals surface area contributed by atoms with Crippen molar-refractivity contribution >= 4 is 0 Å². The highest BCUT2D eigenvalue weighted by Gasteiger charge is 2.34. The molecule has 0 radical (unpaired) electrons. The summed E-state index contributed by atoms with van der Waals surface area (Å²) in [5.41, 5.74) is 8.20. The first-order valence-corrected chi connectivity index (χ1v) is 10.5. The number of fused-ring (bicyclic) bond motifs is 3. The molecule has 0 saturated heterocycles. The SMILES string of the molecule is C#COCc1ccccc1CC=C.CC.CC1(C)c2ccccc2-c2ccccc21. The smallest absolute Gasteiger partial charge is 0.125 e. The van der Waals surface area contributed by atoms with Crippen LogP contribution in [0.15, 0.2) is 85.5 Å². The Balaban J connectivity index is 0.000000200. The van der Waals surface area contributed by atoms with E-state index >= 15 is 0 Å². The van der Waals surface area contributed by atoms with Crippen LogP contribution in [0.2, 0.25) is 0 Å². The summed E-state index contributed by atoms with van der Waals surface area (Å²) >= 11 is 0. The van der Waals surface area contributed by atoms with Crippen LogP contribution in [0.4, 0.5) is 0 Å². The zero-order valence-corrected chi connectivity index (χ0v) is 18.6. The van der Waals surface area contributed by atoms with Gasteiger partial charge in [-0.1, -0.05) is 113 Å². The predicted octanol–water partition coefficient (Wildman–Crippen LogP) is 7.54. The van der Waals surface area contributed by atoms with Crippen LogP contribution in [0, 0.1) is 12.5 Å². The lowest BCUT2D eigenvalue weighted by Crippen LogP contribution is -2.14. The van der Waals surface area contributed by atoms with Crippen molar-refractivity contribution in [3.63, 3.8) is 0 Å². The largest absolute Gasteiger partial charge is 0.442 e. The van der Waals surface area contributed by atoms with E-state index in [0.29, 0.717) is 6.61 Å². The molecule has 0 heterocycles. The Morgan fingerprint density at radius 2 is 1.30 bits per heavy atom. The van der Waals surface area contributed by atoms with Crippen LogP contribution >= 0.6 is 0 Å². The van der Waals surface area contributed by atoms with Crippen LogP contribution in [0.1, 0.15) is 49.9 Å². The van der Waals surface area contributed by atoms with Gasteiger partial charge in [0.25, 0.3) is 0 Å². The van der Waals surface area contributed by atoms with Gasteiger partial charge in [-0.2, -0.15) is 0 Å². The van der Waals surface area contributed by atoms with Crippen molar-refractivity contribution in [1.82, 2.24) is 0 Å². The molecule has 0 saturated carbocycles. The lowest BCUT2D eigenvalue weighted by Gasteiger charge is -2.20. The fourth-order valence-electron chi connectivity index (χ4n) is 3.84. The molecule has 0 aromatic heterocycles. The van der Waals surface area contributed by atoms with E-state index in [0.717, 1.165) is 12.0 Å². The molecule has 4 rings (SSSR count). The van der Waals surface area contributed by atoms with Crippen LogP contribution in [-0.2, 0) is 23.2 Å². The minimum Gasteiger partial charge on any atom is -0.442 e. The second kappa shape index (κ2) is 11.1. The average molecular weight is 397 g/mol. The zero-order chi connectivity index (χ0) is 22.0. The molecule has 0 aliphatic heterocycles. The first-order chi connectivity index (χ1) is 14.6. The highest BCUT2D eigenvalue weighted by atomic mass is 16.5. The van der Waals surface area contributed by atoms with Crippen molar-refractivity contribution < 1.29 is 4.74 Å². The topological polar surface area (TPSA) is 9.23 Å². The van der Waals surface area contributed by atoms with Crippen molar-refractivity contribution in [3.05, 3.63) is 108 Å². The maximum absolute atomic E-state index is 5.01. The summed E-state index contributed by atoms with van der Waals surface area (Å²) in [6.07, 6.45) is 9.89. The molecule has 0 fully saturated rings. The van der Waals surface area contributed by atoms with Crippen LogP contribution < -0.4 is 0 Å². The average Bonchev–Trinajstić information content (AvgIpc) is 3.03. The van der Waals surface area contributed by atoms with Gasteiger partial charge in [0.05, 0.1) is 0 Å². The van der Waals surface area contributed by atoms with Crippen molar-refractivity contribution in [2.75, 3.05) is 0 Å². The Morgan fingerprint density at radius 3 is 1.80 bits per heavy atom. The summed E-state index contributed by atoms with van der Waals surface area (Å²) in [5, 5.41) is 0. The number of allylic oxidation sites excluding steroid dienone is 1. The molecular weight excluding hydrogens is 364 g/mol. The maximum Gasteiger partial charge on any atom is 0.125 e. The van der Waals surface area contributed by atoms with E-state index in [2.05, 4.69) is 81.1 Å². The van der Waals surface area contributed by atoms with Gasteiger partial charge in [-0.05, 0) is 39.8 Å². The second-order valence-corrected chi connectivity index (χ2v) is 7.38. The van der Waals surface area contributed by atoms with Gasteiger partial charge in [0, 0.05) is 5.41 Å². The first-order valence-electron chi connectivity index (χ1n) is 10.5. The summed E-state index contributed by atoms with van der Waals surface area (Å²) in [6.45, 7) is 12.8. The van der Waals surface area contributed by atoms with E-state index in [1.807, 2.05) is 38.1 Å². The third-order valence-electron chi connectivity index (χ3n) is 5.28. The highest BCUT2D eigenvalue weighted by Crippen LogP contribution is 2.47. The molecule has 1 heteroatoms. The molecule has 1 nitrogen and oxygen atoms in total. The fourth-order valence-corrected chi connectivity index (χ4v) is 3.84. The highest BCUT2D eigenvalue weighted by molar-refractivity contribution is 5.80. The van der Waals surface area contributed by atoms with Crippen LogP contribution in [0.5, 0.6) is 0 Å². The Morgan fingerprint density at radius 1 is 0.833 bits per heavy atom. The zero-order valence-electron chi connectivity index (χ0n) is 18.6. The van der Waals surface area contributed by atoms with E-state index in [-0.39, 0.29) is 5.41 Å². The Kier molecular flexibility index (Phi) is 8.51. The minimum atomic E-state index is 0.160. The third-order valence-corrected chi connectivity index (χ3v) is 5.28. The molecule has 0 bridgehead atoms. The summed E-state index contributed by atoms with van der Waals surface area (Å²) in [6, 6.07) is 25.5. The van der Waals surface area contributed by atoms with Gasteiger partial charge in [-0.25, -0.2) is 0 Å². The minimum absolute atomic E-state index is 0.160. The molecule has 154 valence electrons. The van der Waals surface area contributed by atoms with Gasteiger partial charge in [0.1, 0.15) is 12.7 Å². The monoisotopic (exact) mass is 396 g/mol. The van der Waals surface area contributed by atoms with Crippen molar-refractivity contribution in [2.45, 2.75) is 46.1 Å². The van der Waals surface area contributed by atoms with Crippen LogP contribution in [-0.4, -0.2) is 0 Å². The predicted molar refractivity (Wildman–Crippen MR) is 129 cm³/mol. The lowest BCUT2D eigenvalue weighted by molar-refractivity contribution is 0.264. The summed E-state index contributed by atoms with van der Waals surface area (Å²) in [7, 11) is 0. The molecule has 1 aliphatic carbocycles. The van der Waals surface area contributed by atoms with Crippen LogP contribution in [0.3, 0.4) is 0 Å². The number of ether oxygens (including phenoxy) is 1. The van der Waals surface area contributed by atoms with E-state index < -0.39 is 0 Å². The molecule has 0 unspecified atom stereocenters. The van der Waals surface area contributed by atoms with Gasteiger partial charge in [-0.3, -0.25) is 0 Å². The number of hydrogen-bond acceptors (Lipinski definition) is 1. The van der Waals surface area contributed by atoms with E-state index in [1.54, 1.807) is 0 Å². The number of hydrogen-bond donors (Lipinski definition) is 0. The number of terminal acetylenes is 1. The van der Waals surface area contributed by atoms with Gasteiger partial charge in [-0.15, -0.1) is 6.58 Å². The maximum atomic E-state index is 5.01. The molecule has 0 spiro atoms. The van der Waals surface area contributed by atoms with E-state index in [4.69, 9.17) is 11.2 Å². The third kappa shape index (κ3) is 5.02. The van der Waals surface area contributed by atoms with Gasteiger partial charge >= 0.3 is 0 Å². The van der Waals surface area contributed by atoms with Crippen molar-refractivity contribution in [1.29, 1.82) is 0 Å². The number of rotatable bonds is 4. The van der Waals surface area contributed by atoms with Crippen molar-refractivity contribution in [2.24, 2.45) is 0 Å². The standard InChI is InChI=1S/C15H14.C12H12O.C2H6/c1-15(2)13-9-5-3-7-11(13)12-8-4-6-10-14(12)15;1-3-7-11-8-5-6-9-12(11)10-13-4-2;1-2/h3-10H,1-2H3;2-3,5-6,8-9H,1,7,10H2;1-2H3. The molecule has 0 amide bonds. The van der Waals surface area contributed by atoms with Gasteiger partial charge in [0.2, 0.25) is 0 Å². The Bertz CT molecular complexity index is 957. The Hall–Kier alpha value is -3.24. The quantitative estimate of drug-likeness (QED) is 0.327. The normalized spacial score (nSPS) is 12.0. The lowest BCUT2D eigenvalue weighted by atomic mass is 9.82. The summed E-state index contributed by atoms with van der Waals surface area (Å²) in [5.74, 6) is 0. The number of benzene rings is 3. The van der Waals surface area contributed by atoms with Crippen LogP contribution in [0.25, 0.3) is 11.1 Å². The summed E-state index contributed by atoms with van der Waals surface area (Å²) in [4.78, 5) is 0. The van der Waals surface area contributed by atoms with E-state index in [9.17, 15) is 0 Å². The summed E-state index contributed by atoms with van der Waals surface area (Å²) < 4.78 is 4.90. The molecule has 3 aromatic carbocycles. The van der Waals surface area contributed by atoms with Crippen molar-refractivity contribution in [3.8, 4) is 23.7 Å². The molecule has 30 heavy (non-hydrogen) atoms. The van der Waals surface area contributed by atoms with Gasteiger partial charge in [0.15, 0.2) is 0 Å². The molecular formula is C29H32O. The van der Waals surface area contributed by atoms with Gasteiger partial charge < -0.3 is 4.74 Å². The molecule has 0 N–H and O–H groups in total. The molecule has 0 atom stereocenters.